The SMILES string of the molecule is CCN1CCN(C(=O)NCC(=O)Oc2ccc(CC(=O)NC3C(=O)N4C(C(=O)O)=C(CSc5nncs5)CS[C@@H]34)cc2Cl)C(=O)C1=O. The number of halogens is 1. The molecule has 47 heavy (non-hydrogen) atoms. The van der Waals surface area contributed by atoms with Crippen LogP contribution < -0.4 is 15.4 Å². The third kappa shape index (κ3) is 7.53. The summed E-state index contributed by atoms with van der Waals surface area (Å²) in [5.41, 5.74) is 2.50. The van der Waals surface area contributed by atoms with Crippen LogP contribution in [0.4, 0.5) is 4.79 Å². The first kappa shape index (κ1) is 34.1. The molecule has 2 atom stereocenters. The van der Waals surface area contributed by atoms with Crippen molar-refractivity contribution in [2.24, 2.45) is 0 Å². The van der Waals surface area contributed by atoms with Gasteiger partial charge in [0.15, 0.2) is 4.34 Å². The molecule has 5 rings (SSSR count). The van der Waals surface area contributed by atoms with Crippen molar-refractivity contribution in [2.45, 2.75) is 29.1 Å². The number of carbonyl (C=O) groups is 7. The molecular weight excluding hydrogens is 698 g/mol. The second-order valence-electron chi connectivity index (χ2n) is 10.1. The summed E-state index contributed by atoms with van der Waals surface area (Å²) in [6.07, 6.45) is -0.172. The molecule has 2 aromatic rings. The number of aliphatic carboxylic acids is 1. The summed E-state index contributed by atoms with van der Waals surface area (Å²) < 4.78 is 5.87. The van der Waals surface area contributed by atoms with Crippen molar-refractivity contribution < 1.29 is 43.4 Å². The van der Waals surface area contributed by atoms with E-state index in [1.807, 2.05) is 0 Å². The Morgan fingerprint density at radius 3 is 2.64 bits per heavy atom. The van der Waals surface area contributed by atoms with Crippen LogP contribution >= 0.6 is 46.5 Å². The maximum absolute atomic E-state index is 13.0. The molecule has 6 amide bonds. The molecule has 0 aliphatic carbocycles. The van der Waals surface area contributed by atoms with Gasteiger partial charge in [0.1, 0.15) is 34.9 Å². The number of hydrogen-bond acceptors (Lipinski definition) is 13. The number of aromatic nitrogens is 2. The standard InChI is InChI=1S/C27H26ClN7O9S3/c1-2-33-5-6-34(23(40)22(33)39)26(43)29-9-18(37)44-16-4-3-13(7-15(16)28)8-17(36)31-19-21(38)35-20(25(41)42)14(10-45-24(19)35)11-46-27-32-30-12-47-27/h3-4,7,12,19,24H,2,5-6,8-11H2,1H3,(H,29,43)(H,31,36)(H,41,42)/t19?,24-/m0/s1. The van der Waals surface area contributed by atoms with E-state index in [4.69, 9.17) is 16.3 Å². The van der Waals surface area contributed by atoms with Crippen molar-refractivity contribution in [1.82, 2.24) is 35.5 Å². The largest absolute Gasteiger partial charge is 0.477 e. The van der Waals surface area contributed by atoms with E-state index in [1.165, 1.54) is 62.9 Å². The van der Waals surface area contributed by atoms with Gasteiger partial charge in [0.05, 0.1) is 11.4 Å². The van der Waals surface area contributed by atoms with E-state index in [2.05, 4.69) is 20.8 Å². The summed E-state index contributed by atoms with van der Waals surface area (Å²) in [4.78, 5) is 89.9. The molecule has 0 saturated carbocycles. The summed E-state index contributed by atoms with van der Waals surface area (Å²) in [7, 11) is 0. The van der Waals surface area contributed by atoms with Gasteiger partial charge in [-0.25, -0.2) is 14.4 Å². The van der Waals surface area contributed by atoms with Crippen LogP contribution in [0, 0.1) is 0 Å². The normalized spacial score (nSPS) is 19.3. The lowest BCUT2D eigenvalue weighted by atomic mass is 10.0. The quantitative estimate of drug-likeness (QED) is 0.0954. The van der Waals surface area contributed by atoms with E-state index >= 15 is 0 Å². The fraction of sp³-hybridized carbons (Fsp3) is 0.370. The van der Waals surface area contributed by atoms with Crippen molar-refractivity contribution in [2.75, 3.05) is 37.7 Å². The Balaban J connectivity index is 1.10. The third-order valence-electron chi connectivity index (χ3n) is 7.18. The number of amides is 6. The molecular formula is C27H26ClN7O9S3. The number of nitrogens with zero attached hydrogens (tertiary/aromatic N) is 5. The number of nitrogens with one attached hydrogen (secondary N) is 2. The summed E-state index contributed by atoms with van der Waals surface area (Å²) in [6.45, 7) is 1.60. The highest BCUT2D eigenvalue weighted by Crippen LogP contribution is 2.41. The molecule has 1 unspecified atom stereocenters. The molecule has 3 aliphatic rings. The summed E-state index contributed by atoms with van der Waals surface area (Å²) >= 11 is 10.3. The predicted molar refractivity (Wildman–Crippen MR) is 168 cm³/mol. The number of imide groups is 1. The fourth-order valence-corrected chi connectivity index (χ4v) is 8.10. The minimum atomic E-state index is -1.23. The van der Waals surface area contributed by atoms with E-state index in [9.17, 15) is 38.7 Å². The Morgan fingerprint density at radius 1 is 1.17 bits per heavy atom. The van der Waals surface area contributed by atoms with Gasteiger partial charge in [-0.3, -0.25) is 29.0 Å². The number of benzene rings is 1. The monoisotopic (exact) mass is 723 g/mol. The number of piperazine rings is 1. The van der Waals surface area contributed by atoms with E-state index in [1.54, 1.807) is 12.4 Å². The van der Waals surface area contributed by atoms with Gasteiger partial charge in [-0.1, -0.05) is 40.8 Å². The molecule has 2 fully saturated rings. The molecule has 0 bridgehead atoms. The van der Waals surface area contributed by atoms with Gasteiger partial charge >= 0.3 is 29.8 Å². The summed E-state index contributed by atoms with van der Waals surface area (Å²) in [5, 5.41) is 21.9. The zero-order valence-corrected chi connectivity index (χ0v) is 27.7. The number of thioether (sulfide) groups is 2. The van der Waals surface area contributed by atoms with Crippen LogP contribution in [0.15, 0.2) is 39.3 Å². The first-order chi connectivity index (χ1) is 22.5. The van der Waals surface area contributed by atoms with Crippen LogP contribution in [-0.4, -0.2) is 121 Å². The van der Waals surface area contributed by atoms with Crippen LogP contribution in [0.25, 0.3) is 0 Å². The number of urea groups is 1. The lowest BCUT2D eigenvalue weighted by Gasteiger charge is -2.49. The third-order valence-corrected chi connectivity index (χ3v) is 10.8. The highest BCUT2D eigenvalue weighted by atomic mass is 35.5. The minimum Gasteiger partial charge on any atom is -0.477 e. The van der Waals surface area contributed by atoms with Gasteiger partial charge < -0.3 is 25.4 Å². The predicted octanol–water partition coefficient (Wildman–Crippen LogP) is 0.571. The number of likely N-dealkylation sites (N-methyl/N-ethyl adjacent to an activating group) is 1. The van der Waals surface area contributed by atoms with E-state index in [0.717, 1.165) is 4.90 Å². The molecule has 3 aliphatic heterocycles. The number of esters is 1. The summed E-state index contributed by atoms with van der Waals surface area (Å²) in [5.74, 6) is -4.30. The van der Waals surface area contributed by atoms with Crippen molar-refractivity contribution in [1.29, 1.82) is 0 Å². The first-order valence-corrected chi connectivity index (χ1v) is 17.2. The second-order valence-corrected chi connectivity index (χ2v) is 13.7. The van der Waals surface area contributed by atoms with Crippen molar-refractivity contribution in [3.8, 4) is 5.75 Å². The van der Waals surface area contributed by atoms with Crippen molar-refractivity contribution >= 4 is 88.1 Å². The van der Waals surface area contributed by atoms with Gasteiger partial charge in [-0.05, 0) is 30.2 Å². The first-order valence-electron chi connectivity index (χ1n) is 13.9. The topological polar surface area (TPSA) is 209 Å². The Labute approximate surface area is 284 Å². The molecule has 20 heteroatoms. The minimum absolute atomic E-state index is 0.00432. The second kappa shape index (κ2) is 14.7. The number of rotatable bonds is 11. The lowest BCUT2D eigenvalue weighted by molar-refractivity contribution is -0.153. The number of fused-ring (bicyclic) bond motifs is 1. The average molecular weight is 724 g/mol. The van der Waals surface area contributed by atoms with E-state index in [0.29, 0.717) is 33.5 Å². The molecule has 16 nitrogen and oxygen atoms in total. The van der Waals surface area contributed by atoms with Crippen LogP contribution in [0.5, 0.6) is 5.75 Å². The fourth-order valence-electron chi connectivity index (χ4n) is 4.89. The Morgan fingerprint density at radius 2 is 1.96 bits per heavy atom. The Hall–Kier alpha value is -4.20. The van der Waals surface area contributed by atoms with Crippen LogP contribution in [-0.2, 0) is 35.2 Å². The van der Waals surface area contributed by atoms with Gasteiger partial charge in [0.2, 0.25) is 5.91 Å². The van der Waals surface area contributed by atoms with Crippen LogP contribution in [0.1, 0.15) is 12.5 Å². The highest BCUT2D eigenvalue weighted by Gasteiger charge is 2.54. The Bertz CT molecular complexity index is 1670. The van der Waals surface area contributed by atoms with Crippen molar-refractivity contribution in [3.63, 3.8) is 0 Å². The molecule has 3 N–H and O–H groups in total. The maximum Gasteiger partial charge on any atom is 0.352 e. The Kier molecular flexibility index (Phi) is 10.7. The van der Waals surface area contributed by atoms with Gasteiger partial charge in [0.25, 0.3) is 5.91 Å². The van der Waals surface area contributed by atoms with Gasteiger partial charge in [-0.2, -0.15) is 0 Å². The van der Waals surface area contributed by atoms with Gasteiger partial charge in [0, 0.05) is 31.1 Å². The number of carbonyl (C=O) groups excluding carboxylic acids is 6. The molecule has 2 saturated heterocycles. The van der Waals surface area contributed by atoms with Crippen LogP contribution in [0.2, 0.25) is 5.02 Å². The van der Waals surface area contributed by atoms with Gasteiger partial charge in [-0.15, -0.1) is 22.0 Å². The smallest absolute Gasteiger partial charge is 0.352 e. The number of hydrogen-bond donors (Lipinski definition) is 3. The molecule has 4 heterocycles. The number of carboxylic acid groups (broad SMARTS) is 1. The molecule has 0 radical (unpaired) electrons. The number of ether oxygens (including phenoxy) is 1. The van der Waals surface area contributed by atoms with Crippen molar-refractivity contribution in [3.05, 3.63) is 45.6 Å². The number of carboxylic acids is 1. The molecule has 0 spiro atoms. The van der Waals surface area contributed by atoms with E-state index < -0.39 is 59.6 Å². The van der Waals surface area contributed by atoms with Crippen LogP contribution in [0.3, 0.4) is 0 Å². The molecule has 1 aromatic heterocycles. The highest BCUT2D eigenvalue weighted by molar-refractivity contribution is 8.01. The average Bonchev–Trinajstić information content (AvgIpc) is 3.57. The number of β-lactam (4-membered cyclic amide) rings is 1. The molecule has 248 valence electrons. The maximum atomic E-state index is 13.0. The zero-order chi connectivity index (χ0) is 33.8. The van der Waals surface area contributed by atoms with E-state index in [-0.39, 0.29) is 36.0 Å². The lowest BCUT2D eigenvalue weighted by Crippen LogP contribution is -2.70. The molecule has 1 aromatic carbocycles. The zero-order valence-electron chi connectivity index (χ0n) is 24.5. The summed E-state index contributed by atoms with van der Waals surface area (Å²) in [6, 6.07) is 2.42.